The van der Waals surface area contributed by atoms with Crippen molar-refractivity contribution in [3.05, 3.63) is 76.8 Å². The molecule has 0 saturated heterocycles. The largest absolute Gasteiger partial charge is 0.433 e. The summed E-state index contributed by atoms with van der Waals surface area (Å²) in [7, 11) is 0. The fraction of sp³-hybridized carbons (Fsp3) is 0.136. The van der Waals surface area contributed by atoms with E-state index in [0.29, 0.717) is 10.2 Å². The molecule has 2 heterocycles. The topological polar surface area (TPSA) is 73.2 Å². The average Bonchev–Trinajstić information content (AvgIpc) is 3.09. The second kappa shape index (κ2) is 8.65. The van der Waals surface area contributed by atoms with Gasteiger partial charge in [0, 0.05) is 4.88 Å². The first-order valence-corrected chi connectivity index (χ1v) is 10.1. The van der Waals surface area contributed by atoms with Gasteiger partial charge in [0.25, 0.3) is 5.56 Å². The van der Waals surface area contributed by atoms with E-state index in [2.05, 4.69) is 15.0 Å². The molecule has 31 heavy (non-hydrogen) atoms. The summed E-state index contributed by atoms with van der Waals surface area (Å²) >= 11 is 1.42. The number of amides is 1. The minimum atomic E-state index is -3.02. The number of nitrogens with zero attached hydrogens (tertiary/aromatic N) is 2. The molecule has 0 radical (unpaired) electrons. The summed E-state index contributed by atoms with van der Waals surface area (Å²) in [5.74, 6) is -0.724. The number of benzene rings is 2. The van der Waals surface area contributed by atoms with Crippen LogP contribution in [0.2, 0.25) is 0 Å². The van der Waals surface area contributed by atoms with Crippen LogP contribution in [0.4, 0.5) is 14.5 Å². The molecule has 0 atom stereocenters. The summed E-state index contributed by atoms with van der Waals surface area (Å²) in [6.07, 6.45) is 1.32. The minimum absolute atomic E-state index is 0.0907. The Labute approximate surface area is 179 Å². The van der Waals surface area contributed by atoms with Crippen LogP contribution < -0.4 is 15.6 Å². The van der Waals surface area contributed by atoms with Crippen LogP contribution in [0.5, 0.6) is 5.75 Å². The molecule has 0 bridgehead atoms. The molecule has 6 nitrogen and oxygen atoms in total. The number of thiophene rings is 1. The number of anilines is 1. The Hall–Kier alpha value is -3.59. The van der Waals surface area contributed by atoms with Crippen LogP contribution >= 0.6 is 11.3 Å². The molecule has 0 unspecified atom stereocenters. The third-order valence-electron chi connectivity index (χ3n) is 4.64. The van der Waals surface area contributed by atoms with Gasteiger partial charge in [-0.1, -0.05) is 42.5 Å². The number of aromatic nitrogens is 2. The van der Waals surface area contributed by atoms with Crippen LogP contribution in [-0.2, 0) is 11.3 Å². The Morgan fingerprint density at radius 2 is 1.87 bits per heavy atom. The lowest BCUT2D eigenvalue weighted by Crippen LogP contribution is -2.28. The highest BCUT2D eigenvalue weighted by Crippen LogP contribution is 2.35. The molecule has 1 amide bonds. The standard InChI is InChI=1S/C22H17F2N3O3S/c1-13-18-20(31-19(13)14-7-3-2-4-8-14)25-12-27(21(18)29)11-17(28)26-15-9-5-6-10-16(15)30-22(23)24/h2-10,12,22H,11H2,1H3,(H,26,28). The monoisotopic (exact) mass is 441 g/mol. The number of halogens is 2. The number of alkyl halides is 2. The van der Waals surface area contributed by atoms with Gasteiger partial charge >= 0.3 is 6.61 Å². The SMILES string of the molecule is Cc1c(-c2ccccc2)sc2ncn(CC(=O)Nc3ccccc3OC(F)F)c(=O)c12. The average molecular weight is 441 g/mol. The summed E-state index contributed by atoms with van der Waals surface area (Å²) in [4.78, 5) is 31.4. The molecular formula is C22H17F2N3O3S. The van der Waals surface area contributed by atoms with Crippen molar-refractivity contribution >= 4 is 33.1 Å². The van der Waals surface area contributed by atoms with E-state index in [0.717, 1.165) is 16.0 Å². The van der Waals surface area contributed by atoms with Crippen molar-refractivity contribution in [3.8, 4) is 16.2 Å². The lowest BCUT2D eigenvalue weighted by Gasteiger charge is -2.12. The Kier molecular flexibility index (Phi) is 5.77. The number of rotatable bonds is 6. The van der Waals surface area contributed by atoms with Crippen molar-refractivity contribution in [1.29, 1.82) is 0 Å². The normalized spacial score (nSPS) is 11.1. The maximum Gasteiger partial charge on any atom is 0.387 e. The number of para-hydroxylation sites is 2. The van der Waals surface area contributed by atoms with Gasteiger partial charge in [0.05, 0.1) is 17.4 Å². The van der Waals surface area contributed by atoms with Gasteiger partial charge in [-0.05, 0) is 30.2 Å². The summed E-state index contributed by atoms with van der Waals surface area (Å²) in [6, 6.07) is 15.5. The number of carbonyl (C=O) groups excluding carboxylic acids is 1. The van der Waals surface area contributed by atoms with Crippen molar-refractivity contribution in [1.82, 2.24) is 9.55 Å². The predicted molar refractivity (Wildman–Crippen MR) is 116 cm³/mol. The Morgan fingerprint density at radius 3 is 2.61 bits per heavy atom. The number of carbonyl (C=O) groups is 1. The zero-order chi connectivity index (χ0) is 22.0. The first kappa shape index (κ1) is 20.7. The van der Waals surface area contributed by atoms with Crippen molar-refractivity contribution < 1.29 is 18.3 Å². The smallest absolute Gasteiger partial charge is 0.387 e. The van der Waals surface area contributed by atoms with Gasteiger partial charge in [-0.3, -0.25) is 14.2 Å². The van der Waals surface area contributed by atoms with E-state index in [1.54, 1.807) is 6.07 Å². The summed E-state index contributed by atoms with van der Waals surface area (Å²) in [6.45, 7) is -1.49. The lowest BCUT2D eigenvalue weighted by atomic mass is 10.1. The minimum Gasteiger partial charge on any atom is -0.433 e. The van der Waals surface area contributed by atoms with Crippen molar-refractivity contribution in [3.63, 3.8) is 0 Å². The van der Waals surface area contributed by atoms with Gasteiger partial charge in [-0.15, -0.1) is 11.3 Å². The fourth-order valence-electron chi connectivity index (χ4n) is 3.25. The van der Waals surface area contributed by atoms with Gasteiger partial charge in [0.1, 0.15) is 17.1 Å². The Balaban J connectivity index is 1.61. The predicted octanol–water partition coefficient (Wildman–Crippen LogP) is 4.67. The Bertz CT molecular complexity index is 1300. The zero-order valence-electron chi connectivity index (χ0n) is 16.3. The number of hydrogen-bond donors (Lipinski definition) is 1. The second-order valence-corrected chi connectivity index (χ2v) is 7.70. The van der Waals surface area contributed by atoms with E-state index in [9.17, 15) is 18.4 Å². The van der Waals surface area contributed by atoms with Crippen LogP contribution in [0.15, 0.2) is 65.7 Å². The molecule has 1 N–H and O–H groups in total. The molecule has 0 spiro atoms. The van der Waals surface area contributed by atoms with E-state index in [4.69, 9.17) is 0 Å². The van der Waals surface area contributed by atoms with Crippen LogP contribution in [0.3, 0.4) is 0 Å². The van der Waals surface area contributed by atoms with E-state index in [-0.39, 0.29) is 23.5 Å². The maximum absolute atomic E-state index is 13.0. The van der Waals surface area contributed by atoms with Crippen LogP contribution in [0.1, 0.15) is 5.56 Å². The number of ether oxygens (including phenoxy) is 1. The summed E-state index contributed by atoms with van der Waals surface area (Å²) in [5, 5.41) is 2.96. The van der Waals surface area contributed by atoms with Gasteiger partial charge in [0.2, 0.25) is 5.91 Å². The molecule has 0 saturated carbocycles. The molecular weight excluding hydrogens is 424 g/mol. The van der Waals surface area contributed by atoms with E-state index in [1.807, 2.05) is 37.3 Å². The first-order chi connectivity index (χ1) is 14.9. The van der Waals surface area contributed by atoms with Gasteiger partial charge in [0.15, 0.2) is 0 Å². The van der Waals surface area contributed by atoms with Gasteiger partial charge < -0.3 is 10.1 Å². The highest BCUT2D eigenvalue weighted by atomic mass is 32.1. The molecule has 0 aliphatic rings. The molecule has 9 heteroatoms. The quantitative estimate of drug-likeness (QED) is 0.472. The third-order valence-corrected chi connectivity index (χ3v) is 5.89. The highest BCUT2D eigenvalue weighted by molar-refractivity contribution is 7.22. The van der Waals surface area contributed by atoms with E-state index >= 15 is 0 Å². The number of fused-ring (bicyclic) bond motifs is 1. The summed E-state index contributed by atoms with van der Waals surface area (Å²) < 4.78 is 30.7. The third kappa shape index (κ3) is 4.31. The second-order valence-electron chi connectivity index (χ2n) is 6.70. The molecule has 0 fully saturated rings. The summed E-state index contributed by atoms with van der Waals surface area (Å²) in [5.41, 5.74) is 1.54. The van der Waals surface area contributed by atoms with Crippen LogP contribution in [0, 0.1) is 6.92 Å². The van der Waals surface area contributed by atoms with Crippen LogP contribution in [-0.4, -0.2) is 22.1 Å². The van der Waals surface area contributed by atoms with Gasteiger partial charge in [-0.25, -0.2) is 4.98 Å². The maximum atomic E-state index is 13.0. The molecule has 2 aromatic heterocycles. The fourth-order valence-corrected chi connectivity index (χ4v) is 4.39. The van der Waals surface area contributed by atoms with E-state index in [1.165, 1.54) is 40.4 Å². The zero-order valence-corrected chi connectivity index (χ0v) is 17.2. The van der Waals surface area contributed by atoms with Crippen molar-refractivity contribution in [2.24, 2.45) is 0 Å². The van der Waals surface area contributed by atoms with Crippen molar-refractivity contribution in [2.75, 3.05) is 5.32 Å². The van der Waals surface area contributed by atoms with E-state index < -0.39 is 12.5 Å². The number of aryl methyl sites for hydroxylation is 1. The molecule has 2 aromatic carbocycles. The molecule has 4 rings (SSSR count). The lowest BCUT2D eigenvalue weighted by molar-refractivity contribution is -0.116. The molecule has 0 aliphatic carbocycles. The highest BCUT2D eigenvalue weighted by Gasteiger charge is 2.17. The molecule has 0 aliphatic heterocycles. The van der Waals surface area contributed by atoms with Gasteiger partial charge in [-0.2, -0.15) is 8.78 Å². The number of nitrogens with one attached hydrogen (secondary N) is 1. The van der Waals surface area contributed by atoms with Crippen molar-refractivity contribution in [2.45, 2.75) is 20.1 Å². The Morgan fingerprint density at radius 1 is 1.16 bits per heavy atom. The number of hydrogen-bond acceptors (Lipinski definition) is 5. The van der Waals surface area contributed by atoms with Crippen LogP contribution in [0.25, 0.3) is 20.7 Å². The first-order valence-electron chi connectivity index (χ1n) is 9.31. The molecule has 158 valence electrons. The molecule has 4 aromatic rings.